The lowest BCUT2D eigenvalue weighted by Crippen LogP contribution is -2.53. The predicted octanol–water partition coefficient (Wildman–Crippen LogP) is -2.11. The lowest BCUT2D eigenvalue weighted by molar-refractivity contribution is -0.305. The molecule has 3 unspecified atom stereocenters. The number of amides is 4. The molecule has 0 rings (SSSR count). The first kappa shape index (κ1) is 36.4. The van der Waals surface area contributed by atoms with Gasteiger partial charge < -0.3 is 41.8 Å². The van der Waals surface area contributed by atoms with Gasteiger partial charge in [-0.15, -0.1) is 0 Å². The van der Waals surface area contributed by atoms with E-state index in [9.17, 15) is 29.1 Å². The van der Waals surface area contributed by atoms with Gasteiger partial charge in [0.1, 0.15) is 6.04 Å². The SMILES string of the molecule is CCNCCCC(NCC)C(=O)NC(=O)CCC(NC(=O)C(CCCNCC)NCC)C(=O)NCCC(=O)[O-]. The molecule has 0 bridgehead atoms. The molecule has 7 N–H and O–H groups in total. The number of hydrogen-bond acceptors (Lipinski definition) is 10. The van der Waals surface area contributed by atoms with Crippen molar-refractivity contribution >= 4 is 29.6 Å². The summed E-state index contributed by atoms with van der Waals surface area (Å²) in [5.41, 5.74) is 0. The maximum Gasteiger partial charge on any atom is 0.243 e. The van der Waals surface area contributed by atoms with Crippen LogP contribution in [-0.2, 0) is 24.0 Å². The second-order valence-electron chi connectivity index (χ2n) is 9.14. The predicted molar refractivity (Wildman–Crippen MR) is 147 cm³/mol. The van der Waals surface area contributed by atoms with Crippen LogP contribution in [0.1, 0.15) is 72.6 Å². The van der Waals surface area contributed by atoms with Crippen molar-refractivity contribution in [1.29, 1.82) is 0 Å². The van der Waals surface area contributed by atoms with Crippen LogP contribution < -0.4 is 42.3 Å². The van der Waals surface area contributed by atoms with Gasteiger partial charge in [-0.05, 0) is 71.4 Å². The Bertz CT molecular complexity index is 738. The van der Waals surface area contributed by atoms with Crippen LogP contribution in [0.5, 0.6) is 0 Å². The van der Waals surface area contributed by atoms with Crippen molar-refractivity contribution in [1.82, 2.24) is 37.2 Å². The molecule has 4 amide bonds. The lowest BCUT2D eigenvalue weighted by atomic mass is 10.1. The number of hydrogen-bond donors (Lipinski definition) is 7. The number of rotatable bonds is 24. The van der Waals surface area contributed by atoms with E-state index in [0.29, 0.717) is 25.9 Å². The van der Waals surface area contributed by atoms with E-state index in [1.807, 2.05) is 27.7 Å². The van der Waals surface area contributed by atoms with E-state index in [-0.39, 0.29) is 25.8 Å². The monoisotopic (exact) mass is 556 g/mol. The van der Waals surface area contributed by atoms with Crippen LogP contribution in [0.3, 0.4) is 0 Å². The standard InChI is InChI=1S/C26H51N7O6/c1-5-27-16-9-11-19(29-7-3)25(38)32-21(24(37)31-18-15-23(35)36)13-14-22(34)33-26(39)20(30-8-4)12-10-17-28-6-2/h19-21,27-30H,5-18H2,1-4H3,(H,31,37)(H,32,38)(H,35,36)(H,33,34,39)/p-1. The molecule has 13 nitrogen and oxygen atoms in total. The Morgan fingerprint density at radius 2 is 1.15 bits per heavy atom. The average molecular weight is 557 g/mol. The number of carbonyl (C=O) groups excluding carboxylic acids is 5. The second kappa shape index (κ2) is 23.3. The summed E-state index contributed by atoms with van der Waals surface area (Å²) >= 11 is 0. The molecule has 0 heterocycles. The van der Waals surface area contributed by atoms with Crippen molar-refractivity contribution in [2.24, 2.45) is 0 Å². The molecule has 0 radical (unpaired) electrons. The van der Waals surface area contributed by atoms with Crippen LogP contribution in [0.25, 0.3) is 0 Å². The third-order valence-corrected chi connectivity index (χ3v) is 5.91. The van der Waals surface area contributed by atoms with Crippen LogP contribution in [0.15, 0.2) is 0 Å². The van der Waals surface area contributed by atoms with Gasteiger partial charge in [0.05, 0.1) is 12.1 Å². The molecule has 0 aromatic carbocycles. The Morgan fingerprint density at radius 3 is 1.64 bits per heavy atom. The normalized spacial score (nSPS) is 13.2. The van der Waals surface area contributed by atoms with Gasteiger partial charge in [0.2, 0.25) is 23.6 Å². The van der Waals surface area contributed by atoms with Crippen molar-refractivity contribution in [2.45, 2.75) is 90.8 Å². The molecule has 0 aliphatic rings. The summed E-state index contributed by atoms with van der Waals surface area (Å²) in [6.45, 7) is 11.8. The molecule has 0 fully saturated rings. The van der Waals surface area contributed by atoms with E-state index < -0.39 is 47.7 Å². The van der Waals surface area contributed by atoms with Crippen molar-refractivity contribution in [2.75, 3.05) is 45.8 Å². The Balaban J connectivity index is 5.18. The summed E-state index contributed by atoms with van der Waals surface area (Å²) in [5, 5.41) is 30.8. The van der Waals surface area contributed by atoms with Crippen LogP contribution in [-0.4, -0.2) is 93.5 Å². The number of imide groups is 1. The highest BCUT2D eigenvalue weighted by Gasteiger charge is 2.26. The first-order valence-corrected chi connectivity index (χ1v) is 14.2. The minimum atomic E-state index is -1.32. The summed E-state index contributed by atoms with van der Waals surface area (Å²) in [6.07, 6.45) is 1.96. The fourth-order valence-electron chi connectivity index (χ4n) is 3.87. The molecule has 13 heteroatoms. The molecule has 0 aromatic rings. The minimum absolute atomic E-state index is 0.0649. The highest BCUT2D eigenvalue weighted by molar-refractivity contribution is 5.98. The Hall–Kier alpha value is -2.61. The third kappa shape index (κ3) is 18.3. The van der Waals surface area contributed by atoms with Gasteiger partial charge in [0.25, 0.3) is 0 Å². The number of carbonyl (C=O) groups is 5. The highest BCUT2D eigenvalue weighted by Crippen LogP contribution is 2.04. The van der Waals surface area contributed by atoms with Crippen molar-refractivity contribution in [3.05, 3.63) is 0 Å². The molecule has 39 heavy (non-hydrogen) atoms. The highest BCUT2D eigenvalue weighted by atomic mass is 16.4. The maximum atomic E-state index is 13.0. The molecule has 0 aliphatic heterocycles. The molecule has 0 aromatic heterocycles. The van der Waals surface area contributed by atoms with Crippen molar-refractivity contribution in [3.8, 4) is 0 Å². The average Bonchev–Trinajstić information content (AvgIpc) is 2.89. The van der Waals surface area contributed by atoms with Crippen molar-refractivity contribution in [3.63, 3.8) is 0 Å². The first-order chi connectivity index (χ1) is 18.7. The van der Waals surface area contributed by atoms with Crippen molar-refractivity contribution < 1.29 is 29.1 Å². The van der Waals surface area contributed by atoms with E-state index in [1.54, 1.807) is 0 Å². The van der Waals surface area contributed by atoms with Gasteiger partial charge in [-0.1, -0.05) is 27.7 Å². The molecule has 0 spiro atoms. The number of carboxylic acid groups (broad SMARTS) is 1. The van der Waals surface area contributed by atoms with E-state index in [4.69, 9.17) is 0 Å². The molecule has 0 saturated carbocycles. The van der Waals surface area contributed by atoms with Gasteiger partial charge in [0.15, 0.2) is 0 Å². The smallest absolute Gasteiger partial charge is 0.243 e. The first-order valence-electron chi connectivity index (χ1n) is 14.2. The Labute approximate surface area is 232 Å². The summed E-state index contributed by atoms with van der Waals surface area (Å²) in [4.78, 5) is 61.7. The largest absolute Gasteiger partial charge is 0.550 e. The summed E-state index contributed by atoms with van der Waals surface area (Å²) < 4.78 is 0. The Morgan fingerprint density at radius 1 is 0.615 bits per heavy atom. The molecule has 226 valence electrons. The summed E-state index contributed by atoms with van der Waals surface area (Å²) in [6, 6.07) is -2.14. The number of aliphatic carboxylic acids is 1. The zero-order valence-corrected chi connectivity index (χ0v) is 24.1. The molecular weight excluding hydrogens is 506 g/mol. The summed E-state index contributed by atoms with van der Waals surface area (Å²) in [5.74, 6) is -3.32. The van der Waals surface area contributed by atoms with Gasteiger partial charge in [0, 0.05) is 25.4 Å². The van der Waals surface area contributed by atoms with Gasteiger partial charge in [-0.2, -0.15) is 0 Å². The fraction of sp³-hybridized carbons (Fsp3) is 0.808. The van der Waals surface area contributed by atoms with Gasteiger partial charge in [-0.25, -0.2) is 0 Å². The van der Waals surface area contributed by atoms with Gasteiger partial charge >= 0.3 is 0 Å². The lowest BCUT2D eigenvalue weighted by Gasteiger charge is -2.23. The topological polar surface area (TPSA) is 193 Å². The minimum Gasteiger partial charge on any atom is -0.550 e. The van der Waals surface area contributed by atoms with E-state index in [1.165, 1.54) is 0 Å². The van der Waals surface area contributed by atoms with Crippen LogP contribution in [0.2, 0.25) is 0 Å². The second-order valence-corrected chi connectivity index (χ2v) is 9.14. The van der Waals surface area contributed by atoms with E-state index in [0.717, 1.165) is 39.0 Å². The molecule has 0 aliphatic carbocycles. The zero-order valence-electron chi connectivity index (χ0n) is 24.1. The number of carboxylic acids is 1. The number of likely N-dealkylation sites (N-methyl/N-ethyl adjacent to an activating group) is 2. The van der Waals surface area contributed by atoms with Crippen LogP contribution >= 0.6 is 0 Å². The zero-order chi connectivity index (χ0) is 29.5. The molecule has 3 atom stereocenters. The molecule has 0 saturated heterocycles. The van der Waals surface area contributed by atoms with Crippen LogP contribution in [0, 0.1) is 0 Å². The fourth-order valence-corrected chi connectivity index (χ4v) is 3.87. The molecular formula is C26H50N7O6-. The van der Waals surface area contributed by atoms with Crippen LogP contribution in [0.4, 0.5) is 0 Å². The Kier molecular flexibility index (Phi) is 21.7. The summed E-state index contributed by atoms with van der Waals surface area (Å²) in [7, 11) is 0. The quantitative estimate of drug-likeness (QED) is 0.0647. The van der Waals surface area contributed by atoms with E-state index in [2.05, 4.69) is 37.2 Å². The maximum absolute atomic E-state index is 13.0. The van der Waals surface area contributed by atoms with E-state index >= 15 is 0 Å². The number of nitrogens with one attached hydrogen (secondary N) is 7. The third-order valence-electron chi connectivity index (χ3n) is 5.91. The van der Waals surface area contributed by atoms with Gasteiger partial charge in [-0.3, -0.25) is 24.5 Å².